The summed E-state index contributed by atoms with van der Waals surface area (Å²) >= 11 is 0. The summed E-state index contributed by atoms with van der Waals surface area (Å²) in [4.78, 5) is 21.6. The van der Waals surface area contributed by atoms with E-state index in [-0.39, 0.29) is 11.5 Å². The topological polar surface area (TPSA) is 78.4 Å². The van der Waals surface area contributed by atoms with Gasteiger partial charge in [-0.2, -0.15) is 0 Å². The van der Waals surface area contributed by atoms with E-state index in [0.717, 1.165) is 6.42 Å². The van der Waals surface area contributed by atoms with Crippen molar-refractivity contribution in [3.63, 3.8) is 0 Å². The van der Waals surface area contributed by atoms with Crippen molar-refractivity contribution in [1.29, 1.82) is 0 Å². The van der Waals surface area contributed by atoms with Crippen LogP contribution in [0.4, 0.5) is 4.79 Å². The van der Waals surface area contributed by atoms with E-state index >= 15 is 0 Å². The Morgan fingerprint density at radius 3 is 2.36 bits per heavy atom. The van der Waals surface area contributed by atoms with Crippen LogP contribution in [-0.4, -0.2) is 29.2 Å². The molecule has 5 nitrogen and oxygen atoms in total. The molecule has 0 spiro atoms. The van der Waals surface area contributed by atoms with Crippen LogP contribution in [0.1, 0.15) is 27.2 Å². The lowest BCUT2D eigenvalue weighted by atomic mass is 10.2. The molecule has 2 atom stereocenters. The molecule has 1 fully saturated rings. The van der Waals surface area contributed by atoms with Gasteiger partial charge >= 0.3 is 12.0 Å². The van der Waals surface area contributed by atoms with Crippen molar-refractivity contribution >= 4 is 12.0 Å². The van der Waals surface area contributed by atoms with Crippen molar-refractivity contribution < 1.29 is 14.7 Å². The smallest absolute Gasteiger partial charge is 0.325 e. The molecule has 1 rings (SSSR count). The zero-order valence-electron chi connectivity index (χ0n) is 8.63. The molecule has 0 radical (unpaired) electrons. The number of carbonyl (C=O) groups is 2. The molecule has 1 saturated carbocycles. The van der Waals surface area contributed by atoms with Gasteiger partial charge in [0, 0.05) is 6.04 Å². The molecule has 1 aliphatic carbocycles. The van der Waals surface area contributed by atoms with Gasteiger partial charge in [-0.15, -0.1) is 0 Å². The van der Waals surface area contributed by atoms with Gasteiger partial charge in [-0.3, -0.25) is 4.79 Å². The molecule has 1 unspecified atom stereocenters. The summed E-state index contributed by atoms with van der Waals surface area (Å²) < 4.78 is 0. The zero-order chi connectivity index (χ0) is 10.9. The normalized spacial score (nSPS) is 24.9. The second-order valence-corrected chi connectivity index (χ2v) is 4.42. The molecule has 5 heteroatoms. The maximum Gasteiger partial charge on any atom is 0.325 e. The number of urea groups is 1. The number of aliphatic carboxylic acids is 1. The Kier molecular flexibility index (Phi) is 2.69. The molecule has 1 aliphatic rings. The van der Waals surface area contributed by atoms with E-state index in [2.05, 4.69) is 24.5 Å². The van der Waals surface area contributed by atoms with Gasteiger partial charge in [0.1, 0.15) is 6.04 Å². The van der Waals surface area contributed by atoms with Crippen LogP contribution < -0.4 is 10.6 Å². The Bertz CT molecular complexity index is 263. The Balaban J connectivity index is 2.27. The number of carboxylic acids is 1. The molecule has 0 bridgehead atoms. The lowest BCUT2D eigenvalue weighted by Crippen LogP contribution is -2.45. The summed E-state index contributed by atoms with van der Waals surface area (Å²) in [6.07, 6.45) is 0.946. The van der Waals surface area contributed by atoms with E-state index in [1.54, 1.807) is 0 Å². The fourth-order valence-corrected chi connectivity index (χ4v) is 1.17. The molecule has 14 heavy (non-hydrogen) atoms. The summed E-state index contributed by atoms with van der Waals surface area (Å²) in [6, 6.07) is -1.09. The Morgan fingerprint density at radius 1 is 1.50 bits per heavy atom. The van der Waals surface area contributed by atoms with Gasteiger partial charge in [-0.25, -0.2) is 4.79 Å². The fourth-order valence-electron chi connectivity index (χ4n) is 1.17. The minimum absolute atomic E-state index is 0.157. The molecule has 80 valence electrons. The first-order valence-electron chi connectivity index (χ1n) is 4.63. The van der Waals surface area contributed by atoms with Crippen molar-refractivity contribution in [2.45, 2.75) is 39.3 Å². The minimum Gasteiger partial charge on any atom is -0.480 e. The molecule has 3 N–H and O–H groups in total. The highest BCUT2D eigenvalue weighted by atomic mass is 16.4. The first-order chi connectivity index (χ1) is 6.33. The predicted octanol–water partition coefficient (Wildman–Crippen LogP) is 0.557. The molecule has 0 aromatic heterocycles. The maximum atomic E-state index is 11.2. The van der Waals surface area contributed by atoms with Gasteiger partial charge in [0.25, 0.3) is 0 Å². The zero-order valence-corrected chi connectivity index (χ0v) is 8.63. The summed E-state index contributed by atoms with van der Waals surface area (Å²) in [5.41, 5.74) is 0.157. The average molecular weight is 200 g/mol. The Morgan fingerprint density at radius 2 is 2.00 bits per heavy atom. The van der Waals surface area contributed by atoms with E-state index in [0.29, 0.717) is 0 Å². The van der Waals surface area contributed by atoms with E-state index in [4.69, 9.17) is 5.11 Å². The number of nitrogens with one attached hydrogen (secondary N) is 2. The fraction of sp³-hybridized carbons (Fsp3) is 0.778. The molecule has 0 aliphatic heterocycles. The Labute approximate surface area is 82.9 Å². The number of hydrogen-bond donors (Lipinski definition) is 3. The molecule has 0 aromatic carbocycles. The Hall–Kier alpha value is -1.26. The number of carbonyl (C=O) groups excluding carboxylic acids is 1. The maximum absolute atomic E-state index is 11.2. The van der Waals surface area contributed by atoms with Gasteiger partial charge in [0.15, 0.2) is 0 Å². The third-order valence-electron chi connectivity index (χ3n) is 2.54. The van der Waals surface area contributed by atoms with Gasteiger partial charge < -0.3 is 15.7 Å². The van der Waals surface area contributed by atoms with Gasteiger partial charge in [-0.1, -0.05) is 13.8 Å². The van der Waals surface area contributed by atoms with Crippen molar-refractivity contribution in [2.75, 3.05) is 0 Å². The molecular weight excluding hydrogens is 184 g/mol. The SMILES string of the molecule is C[C@H](NC(=O)NC1CC1(C)C)C(=O)O. The van der Waals surface area contributed by atoms with Crippen LogP contribution in [-0.2, 0) is 4.79 Å². The van der Waals surface area contributed by atoms with Crippen molar-refractivity contribution in [1.82, 2.24) is 10.6 Å². The standard InChI is InChI=1S/C9H16N2O3/c1-5(7(12)13)10-8(14)11-6-4-9(6,2)3/h5-6H,4H2,1-3H3,(H,12,13)(H2,10,11,14)/t5-,6?/m0/s1. The second-order valence-electron chi connectivity index (χ2n) is 4.42. The van der Waals surface area contributed by atoms with Crippen molar-refractivity contribution in [3.05, 3.63) is 0 Å². The van der Waals surface area contributed by atoms with Gasteiger partial charge in [0.2, 0.25) is 0 Å². The number of rotatable bonds is 3. The minimum atomic E-state index is -1.03. The molecular formula is C9H16N2O3. The van der Waals surface area contributed by atoms with E-state index in [9.17, 15) is 9.59 Å². The highest BCUT2D eigenvalue weighted by Crippen LogP contribution is 2.44. The largest absolute Gasteiger partial charge is 0.480 e. The van der Waals surface area contributed by atoms with Crippen molar-refractivity contribution in [2.24, 2.45) is 5.41 Å². The molecule has 0 saturated heterocycles. The quantitative estimate of drug-likeness (QED) is 0.622. The lowest BCUT2D eigenvalue weighted by molar-refractivity contribution is -0.138. The van der Waals surface area contributed by atoms with E-state index in [1.807, 2.05) is 0 Å². The molecule has 0 aromatic rings. The highest BCUT2D eigenvalue weighted by Gasteiger charge is 2.46. The van der Waals surface area contributed by atoms with Crippen molar-refractivity contribution in [3.8, 4) is 0 Å². The average Bonchev–Trinajstić information content (AvgIpc) is 2.57. The summed E-state index contributed by atoms with van der Waals surface area (Å²) in [7, 11) is 0. The van der Waals surface area contributed by atoms with Crippen LogP contribution in [0.5, 0.6) is 0 Å². The summed E-state index contributed by atoms with van der Waals surface area (Å²) in [5.74, 6) is -1.03. The number of carboxylic acid groups (broad SMARTS) is 1. The monoisotopic (exact) mass is 200 g/mol. The number of amides is 2. The summed E-state index contributed by atoms with van der Waals surface area (Å²) in [5, 5.41) is 13.6. The van der Waals surface area contributed by atoms with Gasteiger partial charge in [-0.05, 0) is 18.8 Å². The first-order valence-corrected chi connectivity index (χ1v) is 4.63. The van der Waals surface area contributed by atoms with Gasteiger partial charge in [0.05, 0.1) is 0 Å². The third-order valence-corrected chi connectivity index (χ3v) is 2.54. The summed E-state index contributed by atoms with van der Waals surface area (Å²) in [6.45, 7) is 5.54. The van der Waals surface area contributed by atoms with Crippen LogP contribution >= 0.6 is 0 Å². The van der Waals surface area contributed by atoms with Crippen LogP contribution in [0.15, 0.2) is 0 Å². The third kappa shape index (κ3) is 2.61. The highest BCUT2D eigenvalue weighted by molar-refractivity contribution is 5.82. The molecule has 0 heterocycles. The van der Waals surface area contributed by atoms with E-state index < -0.39 is 18.0 Å². The molecule has 2 amide bonds. The number of hydrogen-bond acceptors (Lipinski definition) is 2. The van der Waals surface area contributed by atoms with Crippen LogP contribution in [0.2, 0.25) is 0 Å². The van der Waals surface area contributed by atoms with Crippen LogP contribution in [0, 0.1) is 5.41 Å². The second kappa shape index (κ2) is 3.48. The predicted molar refractivity (Wildman–Crippen MR) is 51.0 cm³/mol. The lowest BCUT2D eigenvalue weighted by Gasteiger charge is -2.11. The first kappa shape index (κ1) is 10.8. The van der Waals surface area contributed by atoms with E-state index in [1.165, 1.54) is 6.92 Å². The van der Waals surface area contributed by atoms with Crippen LogP contribution in [0.25, 0.3) is 0 Å². The van der Waals surface area contributed by atoms with Crippen LogP contribution in [0.3, 0.4) is 0 Å².